The van der Waals surface area contributed by atoms with Gasteiger partial charge in [0, 0.05) is 26.2 Å². The summed E-state index contributed by atoms with van der Waals surface area (Å²) in [5.41, 5.74) is 1.64. The molecule has 0 radical (unpaired) electrons. The van der Waals surface area contributed by atoms with Crippen molar-refractivity contribution in [3.63, 3.8) is 0 Å². The number of carbonyl (C=O) groups is 2. The van der Waals surface area contributed by atoms with Gasteiger partial charge < -0.3 is 14.1 Å². The van der Waals surface area contributed by atoms with Crippen LogP contribution in [-0.2, 0) is 27.8 Å². The van der Waals surface area contributed by atoms with Crippen molar-refractivity contribution in [2.45, 2.75) is 31.3 Å². The van der Waals surface area contributed by atoms with Gasteiger partial charge in [-0.05, 0) is 24.5 Å². The van der Waals surface area contributed by atoms with E-state index >= 15 is 0 Å². The number of hydrogen-bond acceptors (Lipinski definition) is 6. The van der Waals surface area contributed by atoms with Gasteiger partial charge in [0.15, 0.2) is 0 Å². The number of carbonyl (C=O) groups excluding carboxylic acids is 2. The number of nitrogens with one attached hydrogen (secondary N) is 1. The number of ether oxygens (including phenoxy) is 1. The highest BCUT2D eigenvalue weighted by Crippen LogP contribution is 2.21. The van der Waals surface area contributed by atoms with Crippen LogP contribution in [0, 0.1) is 0 Å². The number of piperidine rings is 1. The van der Waals surface area contributed by atoms with Crippen LogP contribution in [0.5, 0.6) is 0 Å². The third-order valence-corrected chi connectivity index (χ3v) is 4.35. The molecule has 0 bridgehead atoms. The second-order valence-electron chi connectivity index (χ2n) is 6.14. The number of furan rings is 1. The Balaban J connectivity index is 1.72. The van der Waals surface area contributed by atoms with Crippen LogP contribution >= 0.6 is 0 Å². The summed E-state index contributed by atoms with van der Waals surface area (Å²) in [6.07, 6.45) is 8.54. The van der Waals surface area contributed by atoms with E-state index in [0.29, 0.717) is 19.4 Å². The van der Waals surface area contributed by atoms with E-state index in [1.54, 1.807) is 34.4 Å². The molecule has 3 heterocycles. The lowest BCUT2D eigenvalue weighted by Crippen LogP contribution is -2.55. The first-order valence-electron chi connectivity index (χ1n) is 8.23. The number of amides is 1. The summed E-state index contributed by atoms with van der Waals surface area (Å²) in [5.74, 6) is -0.451. The van der Waals surface area contributed by atoms with Crippen molar-refractivity contribution in [2.75, 3.05) is 18.6 Å². The molecule has 1 aliphatic rings. The molecule has 2 atom stereocenters. The molecule has 8 nitrogen and oxygen atoms in total. The summed E-state index contributed by atoms with van der Waals surface area (Å²) in [5, 5.41) is 7.29. The molecule has 1 saturated heterocycles. The number of esters is 1. The highest BCUT2D eigenvalue weighted by Gasteiger charge is 2.33. The van der Waals surface area contributed by atoms with Crippen LogP contribution in [-0.4, -0.2) is 47.4 Å². The van der Waals surface area contributed by atoms with Crippen LogP contribution in [0.4, 0.5) is 5.69 Å². The summed E-state index contributed by atoms with van der Waals surface area (Å²) in [7, 11) is 3.16. The molecule has 1 N–H and O–H groups in total. The Morgan fingerprint density at radius 1 is 1.56 bits per heavy atom. The van der Waals surface area contributed by atoms with Crippen molar-refractivity contribution in [1.82, 2.24) is 15.1 Å². The third kappa shape index (κ3) is 3.90. The van der Waals surface area contributed by atoms with E-state index in [0.717, 1.165) is 17.7 Å². The minimum Gasteiger partial charge on any atom is -0.472 e. The fourth-order valence-corrected chi connectivity index (χ4v) is 3.07. The van der Waals surface area contributed by atoms with Crippen molar-refractivity contribution in [3.8, 4) is 0 Å². The molecule has 0 aliphatic carbocycles. The topological polar surface area (TPSA) is 89.6 Å². The summed E-state index contributed by atoms with van der Waals surface area (Å²) in [6, 6.07) is 0.748. The molecule has 0 saturated carbocycles. The monoisotopic (exact) mass is 346 g/mol. The molecule has 2 aromatic heterocycles. The normalized spacial score (nSPS) is 19.0. The van der Waals surface area contributed by atoms with Gasteiger partial charge >= 0.3 is 5.97 Å². The molecule has 0 aromatic carbocycles. The standard InChI is InChI=1S/C17H22N4O4/c1-20-10-13(9-18-20)21-6-3-4-14(16(21)22)19-15(17(23)24-2)8-12-5-7-25-11-12/h5,7,9-11,14-15,19H,3-4,6,8H2,1-2H3. The van der Waals surface area contributed by atoms with Gasteiger partial charge in [-0.3, -0.25) is 19.6 Å². The van der Waals surface area contributed by atoms with Gasteiger partial charge in [-0.25, -0.2) is 0 Å². The van der Waals surface area contributed by atoms with Gasteiger partial charge in [0.05, 0.1) is 37.6 Å². The minimum absolute atomic E-state index is 0.0552. The highest BCUT2D eigenvalue weighted by molar-refractivity contribution is 5.98. The lowest BCUT2D eigenvalue weighted by molar-refractivity contribution is -0.143. The fourth-order valence-electron chi connectivity index (χ4n) is 3.07. The molecule has 8 heteroatoms. The van der Waals surface area contributed by atoms with Crippen LogP contribution in [0.25, 0.3) is 0 Å². The quantitative estimate of drug-likeness (QED) is 0.781. The van der Waals surface area contributed by atoms with E-state index in [9.17, 15) is 9.59 Å². The van der Waals surface area contributed by atoms with Gasteiger partial charge in [0.25, 0.3) is 0 Å². The lowest BCUT2D eigenvalue weighted by Gasteiger charge is -2.33. The van der Waals surface area contributed by atoms with Crippen LogP contribution < -0.4 is 10.2 Å². The fraction of sp³-hybridized carbons (Fsp3) is 0.471. The molecule has 2 unspecified atom stereocenters. The third-order valence-electron chi connectivity index (χ3n) is 4.35. The molecule has 1 fully saturated rings. The first kappa shape index (κ1) is 17.2. The van der Waals surface area contributed by atoms with Crippen molar-refractivity contribution in [2.24, 2.45) is 7.05 Å². The Morgan fingerprint density at radius 2 is 2.40 bits per heavy atom. The Morgan fingerprint density at radius 3 is 3.04 bits per heavy atom. The molecule has 2 aromatic rings. The number of aryl methyl sites for hydroxylation is 1. The molecule has 25 heavy (non-hydrogen) atoms. The van der Waals surface area contributed by atoms with Gasteiger partial charge in [-0.1, -0.05) is 0 Å². The molecular formula is C17H22N4O4. The average Bonchev–Trinajstić information content (AvgIpc) is 3.27. The maximum absolute atomic E-state index is 12.8. The Hall–Kier alpha value is -2.61. The zero-order chi connectivity index (χ0) is 17.8. The predicted molar refractivity (Wildman–Crippen MR) is 89.9 cm³/mol. The van der Waals surface area contributed by atoms with E-state index in [4.69, 9.17) is 9.15 Å². The van der Waals surface area contributed by atoms with Crippen LogP contribution in [0.15, 0.2) is 35.4 Å². The van der Waals surface area contributed by atoms with Crippen molar-refractivity contribution in [1.29, 1.82) is 0 Å². The second-order valence-corrected chi connectivity index (χ2v) is 6.14. The largest absolute Gasteiger partial charge is 0.472 e. The Kier molecular flexibility index (Phi) is 5.18. The zero-order valence-corrected chi connectivity index (χ0v) is 14.3. The summed E-state index contributed by atoms with van der Waals surface area (Å²) >= 11 is 0. The molecular weight excluding hydrogens is 324 g/mol. The molecule has 0 spiro atoms. The predicted octanol–water partition coefficient (Wildman–Crippen LogP) is 0.882. The van der Waals surface area contributed by atoms with E-state index in [1.165, 1.54) is 7.11 Å². The summed E-state index contributed by atoms with van der Waals surface area (Å²) in [4.78, 5) is 26.7. The minimum atomic E-state index is -0.606. The highest BCUT2D eigenvalue weighted by atomic mass is 16.5. The average molecular weight is 346 g/mol. The smallest absolute Gasteiger partial charge is 0.323 e. The number of methoxy groups -OCH3 is 1. The van der Waals surface area contributed by atoms with Crippen LogP contribution in [0.1, 0.15) is 18.4 Å². The molecule has 1 amide bonds. The van der Waals surface area contributed by atoms with Crippen molar-refractivity contribution >= 4 is 17.6 Å². The van der Waals surface area contributed by atoms with Gasteiger partial charge in [-0.2, -0.15) is 5.10 Å². The van der Waals surface area contributed by atoms with Crippen LogP contribution in [0.3, 0.4) is 0 Å². The van der Waals surface area contributed by atoms with Crippen LogP contribution in [0.2, 0.25) is 0 Å². The van der Waals surface area contributed by atoms with Gasteiger partial charge in [0.1, 0.15) is 6.04 Å². The number of rotatable bonds is 6. The Labute approximate surface area is 145 Å². The number of hydrogen-bond donors (Lipinski definition) is 1. The maximum Gasteiger partial charge on any atom is 0.323 e. The van der Waals surface area contributed by atoms with Gasteiger partial charge in [-0.15, -0.1) is 0 Å². The van der Waals surface area contributed by atoms with Gasteiger partial charge in [0.2, 0.25) is 5.91 Å². The molecule has 3 rings (SSSR count). The van der Waals surface area contributed by atoms with E-state index < -0.39 is 18.1 Å². The number of nitrogens with zero attached hydrogens (tertiary/aromatic N) is 3. The Bertz CT molecular complexity index is 725. The zero-order valence-electron chi connectivity index (χ0n) is 14.3. The maximum atomic E-state index is 12.8. The molecule has 134 valence electrons. The van der Waals surface area contributed by atoms with E-state index in [-0.39, 0.29) is 5.91 Å². The first-order chi connectivity index (χ1) is 12.1. The van der Waals surface area contributed by atoms with Crippen molar-refractivity contribution < 1.29 is 18.7 Å². The molecule has 1 aliphatic heterocycles. The summed E-state index contributed by atoms with van der Waals surface area (Å²) in [6.45, 7) is 0.646. The van der Waals surface area contributed by atoms with E-state index in [2.05, 4.69) is 10.4 Å². The first-order valence-corrected chi connectivity index (χ1v) is 8.23. The summed E-state index contributed by atoms with van der Waals surface area (Å²) < 4.78 is 11.6. The second kappa shape index (κ2) is 7.52. The van der Waals surface area contributed by atoms with E-state index in [1.807, 2.05) is 13.2 Å². The number of anilines is 1. The SMILES string of the molecule is COC(=O)C(Cc1ccoc1)NC1CCCN(c2cnn(C)c2)C1=O. The lowest BCUT2D eigenvalue weighted by atomic mass is 10.0. The number of aromatic nitrogens is 2. The van der Waals surface area contributed by atoms with Crippen molar-refractivity contribution in [3.05, 3.63) is 36.5 Å².